The van der Waals surface area contributed by atoms with Gasteiger partial charge in [0, 0.05) is 19.3 Å². The van der Waals surface area contributed by atoms with Crippen molar-refractivity contribution in [1.29, 1.82) is 0 Å². The Morgan fingerprint density at radius 3 is 2.70 bits per heavy atom. The van der Waals surface area contributed by atoms with Crippen LogP contribution in [0.5, 0.6) is 0 Å². The average Bonchev–Trinajstić information content (AvgIpc) is 3.39. The van der Waals surface area contributed by atoms with Gasteiger partial charge < -0.3 is 10.0 Å². The molecule has 138 valence electrons. The van der Waals surface area contributed by atoms with E-state index in [0.717, 1.165) is 37.2 Å². The van der Waals surface area contributed by atoms with Crippen LogP contribution in [0.25, 0.3) is 11.4 Å². The average molecular weight is 362 g/mol. The zero-order valence-electron chi connectivity index (χ0n) is 15.0. The molecule has 4 rings (SSSR count). The number of amides is 1. The summed E-state index contributed by atoms with van der Waals surface area (Å²) in [5.41, 5.74) is 4.09. The minimum absolute atomic E-state index is 0.0113. The lowest BCUT2D eigenvalue weighted by Gasteiger charge is -2.15. The molecule has 1 aliphatic rings. The summed E-state index contributed by atoms with van der Waals surface area (Å²) in [5.74, 6) is 0.440. The van der Waals surface area contributed by atoms with E-state index < -0.39 is 0 Å². The van der Waals surface area contributed by atoms with E-state index in [9.17, 15) is 4.79 Å². The second-order valence-corrected chi connectivity index (χ2v) is 6.97. The third kappa shape index (κ3) is 3.90. The maximum atomic E-state index is 12.8. The number of likely N-dealkylation sites (tertiary alicyclic amines) is 1. The summed E-state index contributed by atoms with van der Waals surface area (Å²) in [6.45, 7) is 1.57. The summed E-state index contributed by atoms with van der Waals surface area (Å²) in [6, 6.07) is 15.4. The molecule has 1 unspecified atom stereocenters. The first-order chi connectivity index (χ1) is 13.2. The number of aliphatic hydroxyl groups excluding tert-OH is 1. The van der Waals surface area contributed by atoms with Crippen molar-refractivity contribution >= 4 is 5.91 Å². The van der Waals surface area contributed by atoms with Crippen LogP contribution in [0, 0.1) is 5.92 Å². The van der Waals surface area contributed by atoms with Crippen molar-refractivity contribution in [3.63, 3.8) is 0 Å². The van der Waals surface area contributed by atoms with Crippen molar-refractivity contribution in [2.75, 3.05) is 13.1 Å². The van der Waals surface area contributed by atoms with E-state index in [2.05, 4.69) is 27.3 Å². The molecule has 27 heavy (non-hydrogen) atoms. The molecule has 0 radical (unpaired) electrons. The van der Waals surface area contributed by atoms with Gasteiger partial charge in [0.2, 0.25) is 0 Å². The number of aromatic nitrogens is 3. The Morgan fingerprint density at radius 1 is 1.15 bits per heavy atom. The Kier molecular flexibility index (Phi) is 4.98. The molecule has 1 aliphatic heterocycles. The molecule has 1 aromatic carbocycles. The summed E-state index contributed by atoms with van der Waals surface area (Å²) in [4.78, 5) is 18.9. The van der Waals surface area contributed by atoms with Gasteiger partial charge in [0.05, 0.1) is 12.3 Å². The molecular formula is C21H22N4O2. The van der Waals surface area contributed by atoms with Gasteiger partial charge >= 0.3 is 0 Å². The molecule has 1 atom stereocenters. The summed E-state index contributed by atoms with van der Waals surface area (Å²) in [6.07, 6.45) is 3.65. The first-order valence-electron chi connectivity index (χ1n) is 9.17. The number of aromatic amines is 1. The quantitative estimate of drug-likeness (QED) is 0.731. The molecule has 0 aliphatic carbocycles. The lowest BCUT2D eigenvalue weighted by atomic mass is 9.98. The summed E-state index contributed by atoms with van der Waals surface area (Å²) < 4.78 is 0. The van der Waals surface area contributed by atoms with Crippen molar-refractivity contribution in [2.24, 2.45) is 5.92 Å². The number of H-pyrrole nitrogens is 1. The first kappa shape index (κ1) is 17.4. The van der Waals surface area contributed by atoms with Gasteiger partial charge in [-0.25, -0.2) is 0 Å². The number of benzene rings is 1. The standard InChI is InChI=1S/C21H22N4O2/c26-14-16-6-4-15(5-7-16)11-17-8-10-25(13-17)21(27)20-12-19(23-24-20)18-3-1-2-9-22-18/h1-7,9,12,17,26H,8,10-11,13-14H2,(H,23,24). The van der Waals surface area contributed by atoms with E-state index >= 15 is 0 Å². The predicted octanol–water partition coefficient (Wildman–Crippen LogP) is 2.67. The van der Waals surface area contributed by atoms with E-state index in [0.29, 0.717) is 17.3 Å². The van der Waals surface area contributed by atoms with Gasteiger partial charge in [-0.15, -0.1) is 0 Å². The summed E-state index contributed by atoms with van der Waals surface area (Å²) >= 11 is 0. The number of nitrogens with one attached hydrogen (secondary N) is 1. The minimum Gasteiger partial charge on any atom is -0.392 e. The number of carbonyl (C=O) groups is 1. The number of pyridine rings is 1. The Morgan fingerprint density at radius 2 is 1.96 bits per heavy atom. The van der Waals surface area contributed by atoms with Gasteiger partial charge in [0.1, 0.15) is 11.4 Å². The lowest BCUT2D eigenvalue weighted by Crippen LogP contribution is -2.29. The second-order valence-electron chi connectivity index (χ2n) is 6.97. The van der Waals surface area contributed by atoms with Crippen LogP contribution in [-0.4, -0.2) is 44.2 Å². The molecule has 6 heteroatoms. The largest absolute Gasteiger partial charge is 0.392 e. The van der Waals surface area contributed by atoms with Gasteiger partial charge in [0.15, 0.2) is 0 Å². The molecule has 3 heterocycles. The molecule has 3 aromatic rings. The normalized spacial score (nSPS) is 16.6. The van der Waals surface area contributed by atoms with E-state index in [1.165, 1.54) is 5.56 Å². The maximum absolute atomic E-state index is 12.8. The monoisotopic (exact) mass is 362 g/mol. The SMILES string of the molecule is O=C(c1cc(-c2ccccn2)n[nH]1)N1CCC(Cc2ccc(CO)cc2)C1. The Labute approximate surface area is 157 Å². The van der Waals surface area contributed by atoms with Gasteiger partial charge in [-0.3, -0.25) is 14.9 Å². The molecule has 1 amide bonds. The highest BCUT2D eigenvalue weighted by atomic mass is 16.3. The molecule has 1 saturated heterocycles. The van der Waals surface area contributed by atoms with E-state index in [4.69, 9.17) is 5.11 Å². The number of hydrogen-bond donors (Lipinski definition) is 2. The lowest BCUT2D eigenvalue weighted by molar-refractivity contribution is 0.0781. The van der Waals surface area contributed by atoms with Crippen LogP contribution >= 0.6 is 0 Å². The minimum atomic E-state index is -0.0113. The molecule has 0 spiro atoms. The molecule has 0 saturated carbocycles. The molecule has 1 fully saturated rings. The summed E-state index contributed by atoms with van der Waals surface area (Å²) in [7, 11) is 0. The highest BCUT2D eigenvalue weighted by Gasteiger charge is 2.28. The van der Waals surface area contributed by atoms with Crippen molar-refractivity contribution < 1.29 is 9.90 Å². The Balaban J connectivity index is 1.38. The van der Waals surface area contributed by atoms with Gasteiger partial charge in [-0.1, -0.05) is 30.3 Å². The molecule has 0 bridgehead atoms. The molecule has 2 N–H and O–H groups in total. The zero-order chi connectivity index (χ0) is 18.6. The van der Waals surface area contributed by atoms with Crippen molar-refractivity contribution in [2.45, 2.75) is 19.4 Å². The van der Waals surface area contributed by atoms with Gasteiger partial charge in [-0.2, -0.15) is 5.10 Å². The van der Waals surface area contributed by atoms with E-state index in [1.54, 1.807) is 12.3 Å². The number of carbonyl (C=O) groups excluding carboxylic acids is 1. The Bertz CT molecular complexity index is 905. The first-order valence-corrected chi connectivity index (χ1v) is 9.17. The third-order valence-electron chi connectivity index (χ3n) is 5.04. The van der Waals surface area contributed by atoms with Crippen LogP contribution in [0.15, 0.2) is 54.7 Å². The molecular weight excluding hydrogens is 340 g/mol. The zero-order valence-corrected chi connectivity index (χ0v) is 15.0. The van der Waals surface area contributed by atoms with Crippen molar-refractivity contribution in [1.82, 2.24) is 20.1 Å². The third-order valence-corrected chi connectivity index (χ3v) is 5.04. The topological polar surface area (TPSA) is 82.1 Å². The number of rotatable bonds is 5. The van der Waals surface area contributed by atoms with Gasteiger partial charge in [-0.05, 0) is 48.1 Å². The van der Waals surface area contributed by atoms with Gasteiger partial charge in [0.25, 0.3) is 5.91 Å². The molecule has 2 aromatic heterocycles. The second kappa shape index (κ2) is 7.72. The van der Waals surface area contributed by atoms with Crippen LogP contribution in [0.3, 0.4) is 0 Å². The van der Waals surface area contributed by atoms with Crippen LogP contribution in [0.2, 0.25) is 0 Å². The van der Waals surface area contributed by atoms with Crippen molar-refractivity contribution in [3.8, 4) is 11.4 Å². The number of hydrogen-bond acceptors (Lipinski definition) is 4. The predicted molar refractivity (Wildman–Crippen MR) is 102 cm³/mol. The Hall–Kier alpha value is -2.99. The maximum Gasteiger partial charge on any atom is 0.271 e. The van der Waals surface area contributed by atoms with E-state index in [-0.39, 0.29) is 12.5 Å². The van der Waals surface area contributed by atoms with Crippen molar-refractivity contribution in [3.05, 3.63) is 71.5 Å². The molecule has 6 nitrogen and oxygen atoms in total. The summed E-state index contributed by atoms with van der Waals surface area (Å²) in [5, 5.41) is 16.2. The van der Waals surface area contributed by atoms with Crippen LogP contribution < -0.4 is 0 Å². The fourth-order valence-electron chi connectivity index (χ4n) is 3.54. The smallest absolute Gasteiger partial charge is 0.271 e. The van der Waals surface area contributed by atoms with Crippen LogP contribution in [-0.2, 0) is 13.0 Å². The fourth-order valence-corrected chi connectivity index (χ4v) is 3.54. The number of aliphatic hydroxyl groups is 1. The van der Waals surface area contributed by atoms with Crippen LogP contribution in [0.4, 0.5) is 0 Å². The number of nitrogens with zero attached hydrogens (tertiary/aromatic N) is 3. The highest BCUT2D eigenvalue weighted by molar-refractivity contribution is 5.93. The fraction of sp³-hybridized carbons (Fsp3) is 0.286. The highest BCUT2D eigenvalue weighted by Crippen LogP contribution is 2.23. The van der Waals surface area contributed by atoms with Crippen LogP contribution in [0.1, 0.15) is 28.0 Å². The van der Waals surface area contributed by atoms with E-state index in [1.807, 2.05) is 35.2 Å².